The molecule has 1 aliphatic rings. The molecule has 39 heteroatoms. The number of anilines is 1. The van der Waals surface area contributed by atoms with E-state index in [2.05, 4.69) is 89.4 Å². The summed E-state index contributed by atoms with van der Waals surface area (Å²) in [5, 5.41) is 8.98. The summed E-state index contributed by atoms with van der Waals surface area (Å²) in [5.41, 5.74) is 6.11. The number of fused-ring (bicyclic) bond motifs is 7. The molecule has 0 N–H and O–H groups in total. The van der Waals surface area contributed by atoms with E-state index in [1.54, 1.807) is 121 Å². The smallest absolute Gasteiger partial charge is 0.422 e. The lowest BCUT2D eigenvalue weighted by Gasteiger charge is -2.27. The lowest BCUT2D eigenvalue weighted by atomic mass is 10.2. The van der Waals surface area contributed by atoms with Gasteiger partial charge in [-0.3, -0.25) is 9.55 Å². The summed E-state index contributed by atoms with van der Waals surface area (Å²) in [4.78, 5) is 69.9. The highest BCUT2D eigenvalue weighted by molar-refractivity contribution is 6.38. The first kappa shape index (κ1) is 91.3. The molecule has 125 heavy (non-hydrogen) atoms. The van der Waals surface area contributed by atoms with Crippen LogP contribution in [0.5, 0.6) is 59.2 Å². The van der Waals surface area contributed by atoms with Crippen molar-refractivity contribution in [1.29, 1.82) is 0 Å². The lowest BCUT2D eigenvalue weighted by molar-refractivity contribution is -0.154. The van der Waals surface area contributed by atoms with Crippen LogP contribution >= 0.6 is 81.2 Å². The highest BCUT2D eigenvalue weighted by Gasteiger charge is 2.30. The van der Waals surface area contributed by atoms with Crippen molar-refractivity contribution < 1.29 is 65.3 Å². The molecule has 10 heterocycles. The minimum absolute atomic E-state index is 0.102. The predicted molar refractivity (Wildman–Crippen MR) is 476 cm³/mol. The van der Waals surface area contributed by atoms with Gasteiger partial charge in [-0.1, -0.05) is 154 Å². The Kier molecular flexibility index (Phi) is 31.7. The van der Waals surface area contributed by atoms with Crippen LogP contribution in [-0.4, -0.2) is 187 Å². The molecule has 0 amide bonds. The number of methoxy groups -OCH3 is 8. The Bertz CT molecular complexity index is 6450. The van der Waals surface area contributed by atoms with E-state index >= 15 is 0 Å². The first-order chi connectivity index (χ1) is 60.6. The molecule has 1 saturated heterocycles. The van der Waals surface area contributed by atoms with Crippen molar-refractivity contribution in [3.63, 3.8) is 0 Å². The SMILES string of the molecule is CCOc1nc(OC)c2cccc(Cl)c2n1.COc1nc(-c2ccccc2)nc2c(Cl)cccc12.COc1nc(-c2ccncc2)nc2c(Cl)cccc12.COc1nc(-n2ccnc2)nc2c(Cl)cccc12.COc1nc(N2CCOCC2)nc2c(Cl)cccc12.COc1nc(OC)c2cccc(Cl)c2n1.COc1nc(OCC(F)(F)F)nc2c(Cl)cccc12. The summed E-state index contributed by atoms with van der Waals surface area (Å²) >= 11 is 42.7. The Morgan fingerprint density at radius 2 is 0.656 bits per heavy atom. The van der Waals surface area contributed by atoms with Crippen LogP contribution in [-0.2, 0) is 4.74 Å². The van der Waals surface area contributed by atoms with Gasteiger partial charge in [0.1, 0.15) is 6.33 Å². The molecule has 0 bridgehead atoms. The Morgan fingerprint density at radius 3 is 1.02 bits per heavy atom. The van der Waals surface area contributed by atoms with Crippen LogP contribution in [0.25, 0.3) is 105 Å². The number of hydrogen-bond acceptors (Lipinski definition) is 28. The van der Waals surface area contributed by atoms with Crippen LogP contribution in [0.15, 0.2) is 201 Å². The number of ether oxygens (including phenoxy) is 11. The fourth-order valence-electron chi connectivity index (χ4n) is 11.9. The monoisotopic (exact) mass is 1830 g/mol. The van der Waals surface area contributed by atoms with E-state index in [0.717, 1.165) is 62.1 Å². The van der Waals surface area contributed by atoms with Gasteiger partial charge in [-0.15, -0.1) is 0 Å². The topological polar surface area (TPSA) is 316 Å². The molecule has 0 atom stereocenters. The summed E-state index contributed by atoms with van der Waals surface area (Å²) in [6.45, 7) is 3.81. The average Bonchev–Trinajstić information content (AvgIpc) is 1.30. The maximum Gasteiger partial charge on any atom is 0.422 e. The number of pyridine rings is 1. The van der Waals surface area contributed by atoms with Gasteiger partial charge in [-0.25, -0.2) is 24.9 Å². The number of morpholine rings is 1. The van der Waals surface area contributed by atoms with Crippen molar-refractivity contribution in [1.82, 2.24) is 84.3 Å². The number of nitrogens with zero attached hydrogens (tertiary/aromatic N) is 18. The van der Waals surface area contributed by atoms with Gasteiger partial charge in [-0.05, 0) is 104 Å². The fourth-order valence-corrected chi connectivity index (χ4v) is 13.4. The number of rotatable bonds is 16. The van der Waals surface area contributed by atoms with Gasteiger partial charge in [0, 0.05) is 49.0 Å². The van der Waals surface area contributed by atoms with E-state index in [9.17, 15) is 13.2 Å². The zero-order valence-corrected chi connectivity index (χ0v) is 72.9. The summed E-state index contributed by atoms with van der Waals surface area (Å²) < 4.78 is 94.5. The summed E-state index contributed by atoms with van der Waals surface area (Å²) in [7, 11) is 12.3. The second kappa shape index (κ2) is 43.4. The Morgan fingerprint density at radius 1 is 0.328 bits per heavy atom. The van der Waals surface area contributed by atoms with Crippen LogP contribution in [0.1, 0.15) is 6.92 Å². The largest absolute Gasteiger partial charge is 0.480 e. The van der Waals surface area contributed by atoms with Crippen LogP contribution in [0, 0.1) is 0 Å². The maximum atomic E-state index is 12.1. The molecule has 0 saturated carbocycles. The van der Waals surface area contributed by atoms with Gasteiger partial charge >= 0.3 is 24.2 Å². The molecule has 1 aliphatic heterocycles. The predicted octanol–water partition coefficient (Wildman–Crippen LogP) is 20.1. The van der Waals surface area contributed by atoms with Gasteiger partial charge in [0.15, 0.2) is 18.3 Å². The van der Waals surface area contributed by atoms with Crippen LogP contribution in [0.2, 0.25) is 35.2 Å². The van der Waals surface area contributed by atoms with Gasteiger partial charge in [0.05, 0.1) is 188 Å². The maximum absolute atomic E-state index is 12.1. The molecule has 0 aliphatic carbocycles. The number of benzene rings is 8. The van der Waals surface area contributed by atoms with Gasteiger partial charge in [0.25, 0.3) is 0 Å². The van der Waals surface area contributed by atoms with Crippen LogP contribution < -0.4 is 52.3 Å². The Balaban J connectivity index is 0.000000133. The first-order valence-corrected chi connectivity index (χ1v) is 39.9. The standard InChI is InChI=1S/C15H11ClN2O.C14H10ClN3O.C13H14ClN3O2.C12H9ClN4O.C11H8ClF3N2O2.C11H11ClN2O2.C10H9ClN2O2/c1-19-15-11-8-5-9-12(16)13(11)17-14(18-15)10-6-3-2-4-7-10;1-19-14-10-3-2-4-11(15)12(10)17-13(18-14)9-5-7-16-8-6-9;1-18-12-9-3-2-4-10(14)11(9)15-13(16-12)17-5-7-19-8-6-17;1-18-11-8-3-2-4-9(13)10(8)15-12(16-11)17-6-5-14-7-17;1-18-9-6-3-2-4-7(12)8(6)16-10(17-9)19-5-11(13,14)15;1-3-16-11-13-9-7(10(14-11)15-2)5-4-6-8(9)12;1-14-9-6-4-3-5-7(11)8(6)12-10(13-9)15-2/h2-9H,1H3;2-8H,1H3;2-4H,5-8H2,1H3;2-7H,1H3;2-4H,5H2,1H3;4-6H,3H2,1-2H3;3-5H,1-2H3. The zero-order chi connectivity index (χ0) is 88.7. The molecule has 0 unspecified atom stereocenters. The van der Waals surface area contributed by atoms with Crippen molar-refractivity contribution >= 4 is 163 Å². The minimum atomic E-state index is -4.47. The number of imidazole rings is 1. The molecule has 642 valence electrons. The molecule has 9 aromatic heterocycles. The van der Waals surface area contributed by atoms with E-state index in [4.69, 9.17) is 129 Å². The van der Waals surface area contributed by atoms with Crippen molar-refractivity contribution in [2.75, 3.05) is 101 Å². The molecule has 0 radical (unpaired) electrons. The van der Waals surface area contributed by atoms with E-state index in [1.807, 2.05) is 134 Å². The number of hydrogen-bond donors (Lipinski definition) is 0. The highest BCUT2D eigenvalue weighted by atomic mass is 35.5. The van der Waals surface area contributed by atoms with Crippen molar-refractivity contribution in [3.8, 4) is 87.9 Å². The van der Waals surface area contributed by atoms with E-state index in [0.29, 0.717) is 142 Å². The molecule has 1 fully saturated rings. The van der Waals surface area contributed by atoms with Crippen molar-refractivity contribution in [2.45, 2.75) is 13.1 Å². The van der Waals surface area contributed by atoms with E-state index < -0.39 is 18.8 Å². The second-order valence-electron chi connectivity index (χ2n) is 25.4. The van der Waals surface area contributed by atoms with Crippen molar-refractivity contribution in [2.24, 2.45) is 0 Å². The highest BCUT2D eigenvalue weighted by Crippen LogP contribution is 2.38. The van der Waals surface area contributed by atoms with Crippen molar-refractivity contribution in [3.05, 3.63) is 236 Å². The number of alkyl halides is 3. The van der Waals surface area contributed by atoms with Gasteiger partial charge < -0.3 is 57.0 Å². The van der Waals surface area contributed by atoms with Crippen LogP contribution in [0.3, 0.4) is 0 Å². The van der Waals surface area contributed by atoms with Crippen LogP contribution in [0.4, 0.5) is 19.1 Å². The fraction of sp³-hybridized carbons (Fsp3) is 0.186. The first-order valence-electron chi connectivity index (χ1n) is 37.2. The average molecular weight is 1840 g/mol. The summed E-state index contributed by atoms with van der Waals surface area (Å²) in [5.74, 6) is 5.41. The summed E-state index contributed by atoms with van der Waals surface area (Å²) in [6, 6.07) is 51.5. The number of aromatic nitrogens is 17. The number of halogens is 10. The third-order valence-corrected chi connectivity index (χ3v) is 19.7. The molecular weight excluding hydrogens is 1770 g/mol. The van der Waals surface area contributed by atoms with E-state index in [-0.39, 0.29) is 28.4 Å². The Hall–Kier alpha value is -12.9. The quantitative estimate of drug-likeness (QED) is 0.0867. The molecule has 0 spiro atoms. The molecular formula is C86H72Cl7F3N18O11. The molecule has 8 aromatic carbocycles. The molecule has 18 rings (SSSR count). The third kappa shape index (κ3) is 22.7. The van der Waals surface area contributed by atoms with Gasteiger partial charge in [-0.2, -0.15) is 63.0 Å². The lowest BCUT2D eigenvalue weighted by Crippen LogP contribution is -2.37. The molecule has 29 nitrogen and oxygen atoms in total. The zero-order valence-electron chi connectivity index (χ0n) is 67.6. The van der Waals surface area contributed by atoms with E-state index in [1.165, 1.54) is 14.2 Å². The normalized spacial score (nSPS) is 11.5. The van der Waals surface area contributed by atoms with Gasteiger partial charge in [0.2, 0.25) is 53.1 Å². The number of para-hydroxylation sites is 7. The second-order valence-corrected chi connectivity index (χ2v) is 28.2. The Labute approximate surface area is 746 Å². The summed E-state index contributed by atoms with van der Waals surface area (Å²) in [6.07, 6.45) is 3.97. The third-order valence-electron chi connectivity index (χ3n) is 17.6. The minimum Gasteiger partial charge on any atom is -0.480 e. The molecule has 17 aromatic rings.